The monoisotopic (exact) mass is 301 g/mol. The molecule has 1 atom stereocenters. The van der Waals surface area contributed by atoms with Gasteiger partial charge < -0.3 is 10.1 Å². The normalized spacial score (nSPS) is 17.1. The molecular formula is C17H16ClNO2. The lowest BCUT2D eigenvalue weighted by molar-refractivity contribution is -0.147. The fraction of sp³-hybridized carbons (Fsp3) is 0.235. The van der Waals surface area contributed by atoms with Crippen LogP contribution in [0, 0.1) is 0 Å². The third kappa shape index (κ3) is 3.26. The summed E-state index contributed by atoms with van der Waals surface area (Å²) in [5, 5.41) is 3.87. The van der Waals surface area contributed by atoms with Crippen LogP contribution < -0.4 is 5.32 Å². The molecule has 0 spiro atoms. The van der Waals surface area contributed by atoms with Gasteiger partial charge in [-0.1, -0.05) is 48.0 Å². The molecule has 0 radical (unpaired) electrons. The average molecular weight is 302 g/mol. The Morgan fingerprint density at radius 2 is 2.10 bits per heavy atom. The van der Waals surface area contributed by atoms with Crippen molar-refractivity contribution < 1.29 is 9.53 Å². The number of fused-ring (bicyclic) bond motifs is 1. The second kappa shape index (κ2) is 6.29. The predicted octanol–water partition coefficient (Wildman–Crippen LogP) is 3.27. The lowest BCUT2D eigenvalue weighted by Crippen LogP contribution is -2.36. The molecule has 0 saturated heterocycles. The maximum Gasteiger partial charge on any atom is 0.328 e. The van der Waals surface area contributed by atoms with Crippen LogP contribution in [0.4, 0.5) is 0 Å². The van der Waals surface area contributed by atoms with Crippen molar-refractivity contribution in [1.29, 1.82) is 0 Å². The summed E-state index contributed by atoms with van der Waals surface area (Å²) in [6, 6.07) is 14.9. The Morgan fingerprint density at radius 1 is 1.24 bits per heavy atom. The van der Waals surface area contributed by atoms with E-state index in [0.29, 0.717) is 5.02 Å². The molecule has 1 aliphatic heterocycles. The average Bonchev–Trinajstić information content (AvgIpc) is 2.52. The molecule has 3 nitrogen and oxygen atoms in total. The van der Waals surface area contributed by atoms with Gasteiger partial charge in [0.05, 0.1) is 0 Å². The van der Waals surface area contributed by atoms with Gasteiger partial charge in [-0.2, -0.15) is 0 Å². The standard InChI is InChI=1S/C17H16ClNO2/c18-14-6-3-4-12(10-14)11-21-17(20)16-15-7-2-1-5-13(15)8-9-19-16/h1-7,10,16,19H,8-9,11H2. The molecule has 0 fully saturated rings. The number of benzene rings is 2. The molecule has 21 heavy (non-hydrogen) atoms. The van der Waals surface area contributed by atoms with Gasteiger partial charge in [-0.3, -0.25) is 0 Å². The van der Waals surface area contributed by atoms with E-state index in [1.54, 1.807) is 12.1 Å². The van der Waals surface area contributed by atoms with Crippen LogP contribution >= 0.6 is 11.6 Å². The topological polar surface area (TPSA) is 38.3 Å². The summed E-state index contributed by atoms with van der Waals surface area (Å²) in [4.78, 5) is 12.3. The zero-order chi connectivity index (χ0) is 14.7. The van der Waals surface area contributed by atoms with E-state index >= 15 is 0 Å². The number of esters is 1. The molecule has 0 amide bonds. The van der Waals surface area contributed by atoms with Crippen molar-refractivity contribution in [1.82, 2.24) is 5.32 Å². The number of carbonyl (C=O) groups excluding carboxylic acids is 1. The largest absolute Gasteiger partial charge is 0.459 e. The molecule has 1 N–H and O–H groups in total. The summed E-state index contributed by atoms with van der Waals surface area (Å²) in [6.45, 7) is 1.02. The molecule has 1 unspecified atom stereocenters. The predicted molar refractivity (Wildman–Crippen MR) is 82.1 cm³/mol. The number of ether oxygens (including phenoxy) is 1. The van der Waals surface area contributed by atoms with Crippen molar-refractivity contribution in [3.05, 3.63) is 70.2 Å². The Kier molecular flexibility index (Phi) is 4.23. The minimum atomic E-state index is -0.380. The summed E-state index contributed by atoms with van der Waals surface area (Å²) in [5.41, 5.74) is 3.11. The van der Waals surface area contributed by atoms with E-state index in [9.17, 15) is 4.79 Å². The fourth-order valence-corrected chi connectivity index (χ4v) is 2.79. The lowest BCUT2D eigenvalue weighted by atomic mass is 9.94. The molecule has 2 aromatic rings. The minimum absolute atomic E-state index is 0.236. The quantitative estimate of drug-likeness (QED) is 0.884. The molecule has 4 heteroatoms. The van der Waals surface area contributed by atoms with E-state index in [0.717, 1.165) is 24.1 Å². The molecule has 1 aliphatic rings. The number of halogens is 1. The summed E-state index contributed by atoms with van der Waals surface area (Å²) in [7, 11) is 0. The summed E-state index contributed by atoms with van der Waals surface area (Å²) < 4.78 is 5.42. The van der Waals surface area contributed by atoms with Crippen LogP contribution in [0.5, 0.6) is 0 Å². The number of carbonyl (C=O) groups is 1. The second-order valence-corrected chi connectivity index (χ2v) is 5.51. The van der Waals surface area contributed by atoms with Crippen LogP contribution in [-0.2, 0) is 22.6 Å². The van der Waals surface area contributed by atoms with E-state index in [1.165, 1.54) is 5.56 Å². The highest BCUT2D eigenvalue weighted by Gasteiger charge is 2.26. The first-order valence-corrected chi connectivity index (χ1v) is 7.34. The zero-order valence-corrected chi connectivity index (χ0v) is 12.3. The molecule has 0 bridgehead atoms. The molecular weight excluding hydrogens is 286 g/mol. The van der Waals surface area contributed by atoms with E-state index < -0.39 is 0 Å². The Bertz CT molecular complexity index is 657. The van der Waals surface area contributed by atoms with Crippen molar-refractivity contribution in [2.75, 3.05) is 6.54 Å². The van der Waals surface area contributed by atoms with Gasteiger partial charge in [-0.05, 0) is 35.2 Å². The number of rotatable bonds is 3. The van der Waals surface area contributed by atoms with Crippen LogP contribution in [0.1, 0.15) is 22.7 Å². The minimum Gasteiger partial charge on any atom is -0.459 e. The van der Waals surface area contributed by atoms with Crippen LogP contribution in [0.3, 0.4) is 0 Å². The van der Waals surface area contributed by atoms with Crippen molar-refractivity contribution in [2.45, 2.75) is 19.1 Å². The van der Waals surface area contributed by atoms with E-state index in [-0.39, 0.29) is 18.6 Å². The third-order valence-electron chi connectivity index (χ3n) is 3.61. The number of hydrogen-bond acceptors (Lipinski definition) is 3. The Labute approximate surface area is 128 Å². The second-order valence-electron chi connectivity index (χ2n) is 5.07. The van der Waals surface area contributed by atoms with Crippen molar-refractivity contribution in [3.8, 4) is 0 Å². The maximum atomic E-state index is 12.3. The summed E-state index contributed by atoms with van der Waals surface area (Å²) in [5.74, 6) is -0.248. The molecule has 0 aromatic heterocycles. The third-order valence-corrected chi connectivity index (χ3v) is 3.85. The molecule has 0 aliphatic carbocycles. The summed E-state index contributed by atoms with van der Waals surface area (Å²) >= 11 is 5.92. The smallest absolute Gasteiger partial charge is 0.328 e. The van der Waals surface area contributed by atoms with Gasteiger partial charge in [0, 0.05) is 11.6 Å². The van der Waals surface area contributed by atoms with Crippen molar-refractivity contribution >= 4 is 17.6 Å². The molecule has 0 saturated carbocycles. The number of nitrogens with one attached hydrogen (secondary N) is 1. The maximum absolute atomic E-state index is 12.3. The van der Waals surface area contributed by atoms with Gasteiger partial charge >= 0.3 is 5.97 Å². The number of hydrogen-bond donors (Lipinski definition) is 1. The van der Waals surface area contributed by atoms with Crippen LogP contribution in [0.15, 0.2) is 48.5 Å². The Balaban J connectivity index is 1.69. The van der Waals surface area contributed by atoms with Gasteiger partial charge in [0.1, 0.15) is 12.6 Å². The molecule has 108 valence electrons. The first-order chi connectivity index (χ1) is 10.2. The summed E-state index contributed by atoms with van der Waals surface area (Å²) in [6.07, 6.45) is 0.939. The van der Waals surface area contributed by atoms with E-state index in [4.69, 9.17) is 16.3 Å². The fourth-order valence-electron chi connectivity index (χ4n) is 2.58. The van der Waals surface area contributed by atoms with Gasteiger partial charge in [-0.15, -0.1) is 0 Å². The first-order valence-electron chi connectivity index (χ1n) is 6.96. The first kappa shape index (κ1) is 14.1. The van der Waals surface area contributed by atoms with E-state index in [1.807, 2.05) is 30.3 Å². The highest BCUT2D eigenvalue weighted by Crippen LogP contribution is 2.24. The van der Waals surface area contributed by atoms with E-state index in [2.05, 4.69) is 11.4 Å². The lowest BCUT2D eigenvalue weighted by Gasteiger charge is -2.25. The molecule has 2 aromatic carbocycles. The van der Waals surface area contributed by atoms with Crippen molar-refractivity contribution in [2.24, 2.45) is 0 Å². The molecule has 3 rings (SSSR count). The zero-order valence-electron chi connectivity index (χ0n) is 11.5. The van der Waals surface area contributed by atoms with Gasteiger partial charge in [-0.25, -0.2) is 4.79 Å². The van der Waals surface area contributed by atoms with Crippen LogP contribution in [0.25, 0.3) is 0 Å². The SMILES string of the molecule is O=C(OCc1cccc(Cl)c1)C1NCCc2ccccc21. The Morgan fingerprint density at radius 3 is 2.95 bits per heavy atom. The van der Waals surface area contributed by atoms with Gasteiger partial charge in [0.15, 0.2) is 0 Å². The Hall–Kier alpha value is -1.84. The van der Waals surface area contributed by atoms with Crippen LogP contribution in [-0.4, -0.2) is 12.5 Å². The van der Waals surface area contributed by atoms with Crippen LogP contribution in [0.2, 0.25) is 5.02 Å². The van der Waals surface area contributed by atoms with Gasteiger partial charge in [0.2, 0.25) is 0 Å². The molecule has 1 heterocycles. The highest BCUT2D eigenvalue weighted by atomic mass is 35.5. The van der Waals surface area contributed by atoms with Crippen molar-refractivity contribution in [3.63, 3.8) is 0 Å². The van der Waals surface area contributed by atoms with Gasteiger partial charge in [0.25, 0.3) is 0 Å². The highest BCUT2D eigenvalue weighted by molar-refractivity contribution is 6.30.